The minimum absolute atomic E-state index is 0.000129. The molecule has 0 atom stereocenters. The first kappa shape index (κ1) is 11.6. The lowest BCUT2D eigenvalue weighted by atomic mass is 10.2. The smallest absolute Gasteiger partial charge is 0.239 e. The average Bonchev–Trinajstić information content (AvgIpc) is 3.19. The average molecular weight is 232 g/mol. The predicted molar refractivity (Wildman–Crippen MR) is 64.0 cm³/mol. The molecule has 0 spiro atoms. The Hall–Kier alpha value is -1.84. The number of carbonyl (C=O) groups excluding carboxylic acids is 2. The first-order chi connectivity index (χ1) is 8.25. The van der Waals surface area contributed by atoms with Crippen LogP contribution >= 0.6 is 0 Å². The van der Waals surface area contributed by atoms with E-state index < -0.39 is 0 Å². The number of nitrogens with one attached hydrogen (secondary N) is 2. The van der Waals surface area contributed by atoms with Crippen LogP contribution in [-0.4, -0.2) is 18.4 Å². The van der Waals surface area contributed by atoms with Crippen LogP contribution in [0.4, 0.5) is 0 Å². The molecule has 2 N–H and O–H groups in total. The number of carbonyl (C=O) groups is 2. The monoisotopic (exact) mass is 232 g/mol. The second-order valence-electron chi connectivity index (χ2n) is 4.25. The van der Waals surface area contributed by atoms with Gasteiger partial charge in [0.1, 0.15) is 0 Å². The highest BCUT2D eigenvalue weighted by Crippen LogP contribution is 2.28. The van der Waals surface area contributed by atoms with E-state index in [1.165, 1.54) is 0 Å². The van der Waals surface area contributed by atoms with Gasteiger partial charge in [0.05, 0.1) is 6.54 Å². The molecular formula is C13H16N2O2. The van der Waals surface area contributed by atoms with Crippen LogP contribution in [0, 0.1) is 5.92 Å². The third-order valence-electron chi connectivity index (χ3n) is 2.70. The Morgan fingerprint density at radius 2 is 1.82 bits per heavy atom. The summed E-state index contributed by atoms with van der Waals surface area (Å²) in [5.74, 6) is -0.000336. The van der Waals surface area contributed by atoms with Crippen LogP contribution in [0.25, 0.3) is 0 Å². The molecule has 4 heteroatoms. The summed E-state index contributed by atoms with van der Waals surface area (Å²) in [4.78, 5) is 22.7. The van der Waals surface area contributed by atoms with Gasteiger partial charge in [-0.3, -0.25) is 9.59 Å². The Morgan fingerprint density at radius 1 is 1.12 bits per heavy atom. The molecule has 1 saturated carbocycles. The van der Waals surface area contributed by atoms with Crippen LogP contribution in [0.15, 0.2) is 30.3 Å². The molecular weight excluding hydrogens is 216 g/mol. The fraction of sp³-hybridized carbons (Fsp3) is 0.385. The zero-order chi connectivity index (χ0) is 12.1. The van der Waals surface area contributed by atoms with E-state index in [9.17, 15) is 9.59 Å². The lowest BCUT2D eigenvalue weighted by molar-refractivity contribution is -0.126. The Bertz CT molecular complexity index is 399. The van der Waals surface area contributed by atoms with Crippen molar-refractivity contribution >= 4 is 11.8 Å². The van der Waals surface area contributed by atoms with Crippen molar-refractivity contribution in [3.05, 3.63) is 35.9 Å². The van der Waals surface area contributed by atoms with Crippen molar-refractivity contribution in [3.63, 3.8) is 0 Å². The molecule has 1 aromatic carbocycles. The van der Waals surface area contributed by atoms with Crippen LogP contribution in [0.3, 0.4) is 0 Å². The van der Waals surface area contributed by atoms with E-state index in [1.54, 1.807) is 0 Å². The summed E-state index contributed by atoms with van der Waals surface area (Å²) in [6, 6.07) is 9.68. The lowest BCUT2D eigenvalue weighted by Gasteiger charge is -2.06. The molecule has 1 fully saturated rings. The maximum Gasteiger partial charge on any atom is 0.239 e. The van der Waals surface area contributed by atoms with Crippen molar-refractivity contribution < 1.29 is 9.59 Å². The highest BCUT2D eigenvalue weighted by molar-refractivity contribution is 5.86. The van der Waals surface area contributed by atoms with Crippen LogP contribution in [-0.2, 0) is 16.1 Å². The van der Waals surface area contributed by atoms with E-state index in [0.29, 0.717) is 6.54 Å². The quantitative estimate of drug-likeness (QED) is 0.790. The van der Waals surface area contributed by atoms with Crippen molar-refractivity contribution in [2.24, 2.45) is 5.92 Å². The van der Waals surface area contributed by atoms with E-state index in [0.717, 1.165) is 18.4 Å². The Labute approximate surface area is 100 Å². The molecule has 0 radical (unpaired) electrons. The second-order valence-corrected chi connectivity index (χ2v) is 4.25. The second kappa shape index (κ2) is 5.48. The summed E-state index contributed by atoms with van der Waals surface area (Å²) in [7, 11) is 0. The van der Waals surface area contributed by atoms with E-state index in [-0.39, 0.29) is 24.3 Å². The summed E-state index contributed by atoms with van der Waals surface area (Å²) >= 11 is 0. The van der Waals surface area contributed by atoms with Crippen molar-refractivity contribution in [2.75, 3.05) is 6.54 Å². The number of hydrogen-bond acceptors (Lipinski definition) is 2. The topological polar surface area (TPSA) is 58.2 Å². The van der Waals surface area contributed by atoms with Crippen LogP contribution in [0.1, 0.15) is 18.4 Å². The van der Waals surface area contributed by atoms with Crippen molar-refractivity contribution in [2.45, 2.75) is 19.4 Å². The van der Waals surface area contributed by atoms with Crippen LogP contribution < -0.4 is 10.6 Å². The normalized spacial score (nSPS) is 14.1. The fourth-order valence-corrected chi connectivity index (χ4v) is 1.52. The minimum Gasteiger partial charge on any atom is -0.350 e. The third-order valence-corrected chi connectivity index (χ3v) is 2.70. The Kier molecular flexibility index (Phi) is 3.75. The van der Waals surface area contributed by atoms with Gasteiger partial charge in [-0.25, -0.2) is 0 Å². The molecule has 2 rings (SSSR count). The number of rotatable bonds is 5. The molecule has 4 nitrogen and oxygen atoms in total. The summed E-state index contributed by atoms with van der Waals surface area (Å²) < 4.78 is 0. The number of amides is 2. The van der Waals surface area contributed by atoms with E-state index in [2.05, 4.69) is 10.6 Å². The highest BCUT2D eigenvalue weighted by Gasteiger charge is 2.29. The largest absolute Gasteiger partial charge is 0.350 e. The predicted octanol–water partition coefficient (Wildman–Crippen LogP) is 0.829. The van der Waals surface area contributed by atoms with E-state index in [1.807, 2.05) is 30.3 Å². The molecule has 1 aliphatic rings. The summed E-state index contributed by atoms with van der Waals surface area (Å²) in [5.41, 5.74) is 1.05. The summed E-state index contributed by atoms with van der Waals surface area (Å²) in [6.07, 6.45) is 1.91. The minimum atomic E-state index is -0.150. The molecule has 17 heavy (non-hydrogen) atoms. The van der Waals surface area contributed by atoms with Crippen molar-refractivity contribution in [1.29, 1.82) is 0 Å². The fourth-order valence-electron chi connectivity index (χ4n) is 1.52. The van der Waals surface area contributed by atoms with Crippen LogP contribution in [0.5, 0.6) is 0 Å². The molecule has 0 heterocycles. The van der Waals surface area contributed by atoms with E-state index >= 15 is 0 Å². The Morgan fingerprint density at radius 3 is 2.47 bits per heavy atom. The number of hydrogen-bond donors (Lipinski definition) is 2. The molecule has 2 amide bonds. The molecule has 0 unspecified atom stereocenters. The van der Waals surface area contributed by atoms with Gasteiger partial charge >= 0.3 is 0 Å². The molecule has 0 aliphatic heterocycles. The molecule has 0 saturated heterocycles. The number of benzene rings is 1. The van der Waals surface area contributed by atoms with Gasteiger partial charge in [-0.15, -0.1) is 0 Å². The zero-order valence-electron chi connectivity index (χ0n) is 9.61. The van der Waals surface area contributed by atoms with E-state index in [4.69, 9.17) is 0 Å². The maximum atomic E-state index is 11.4. The van der Waals surface area contributed by atoms with Gasteiger partial charge in [-0.2, -0.15) is 0 Å². The molecule has 90 valence electrons. The summed E-state index contributed by atoms with van der Waals surface area (Å²) in [5, 5.41) is 5.39. The van der Waals surface area contributed by atoms with Gasteiger partial charge in [0.25, 0.3) is 0 Å². The standard InChI is InChI=1S/C13H16N2O2/c16-12(9-15-13(17)11-6-7-11)14-8-10-4-2-1-3-5-10/h1-5,11H,6-9H2,(H,14,16)(H,15,17). The Balaban J connectivity index is 1.65. The zero-order valence-corrected chi connectivity index (χ0v) is 9.61. The van der Waals surface area contributed by atoms with Gasteiger partial charge < -0.3 is 10.6 Å². The first-order valence-electron chi connectivity index (χ1n) is 5.84. The van der Waals surface area contributed by atoms with Gasteiger partial charge in [-0.05, 0) is 18.4 Å². The maximum absolute atomic E-state index is 11.4. The first-order valence-corrected chi connectivity index (χ1v) is 5.84. The van der Waals surface area contributed by atoms with Crippen LogP contribution in [0.2, 0.25) is 0 Å². The van der Waals surface area contributed by atoms with Gasteiger partial charge in [0.15, 0.2) is 0 Å². The third kappa shape index (κ3) is 3.90. The van der Waals surface area contributed by atoms with Crippen molar-refractivity contribution in [3.8, 4) is 0 Å². The molecule has 1 aromatic rings. The van der Waals surface area contributed by atoms with Gasteiger partial charge in [0, 0.05) is 12.5 Å². The summed E-state index contributed by atoms with van der Waals surface area (Å²) in [6.45, 7) is 0.571. The van der Waals surface area contributed by atoms with Gasteiger partial charge in [-0.1, -0.05) is 30.3 Å². The lowest BCUT2D eigenvalue weighted by Crippen LogP contribution is -2.37. The molecule has 0 bridgehead atoms. The highest BCUT2D eigenvalue weighted by atomic mass is 16.2. The SMILES string of the molecule is O=C(CNC(=O)C1CC1)NCc1ccccc1. The molecule has 0 aromatic heterocycles. The molecule has 1 aliphatic carbocycles. The van der Waals surface area contributed by atoms with Crippen molar-refractivity contribution in [1.82, 2.24) is 10.6 Å². The van der Waals surface area contributed by atoms with Gasteiger partial charge in [0.2, 0.25) is 11.8 Å².